The number of ether oxygens (including phenoxy) is 1. The molecule has 0 spiro atoms. The first kappa shape index (κ1) is 21.4. The van der Waals surface area contributed by atoms with Crippen molar-refractivity contribution in [3.05, 3.63) is 47.5 Å². The van der Waals surface area contributed by atoms with Gasteiger partial charge in [0.05, 0.1) is 23.7 Å². The highest BCUT2D eigenvalue weighted by Gasteiger charge is 2.27. The maximum absolute atomic E-state index is 12.6. The summed E-state index contributed by atoms with van der Waals surface area (Å²) in [5.74, 6) is -1.57. The van der Waals surface area contributed by atoms with Gasteiger partial charge in [-0.05, 0) is 25.5 Å². The summed E-state index contributed by atoms with van der Waals surface area (Å²) in [6, 6.07) is 7.14. The van der Waals surface area contributed by atoms with E-state index in [0.29, 0.717) is 23.5 Å². The Balaban J connectivity index is 2.42. The summed E-state index contributed by atoms with van der Waals surface area (Å²) in [5, 5.41) is 6.54. The number of allylic oxidation sites excluding steroid dienone is 1. The molecule has 0 aromatic heterocycles. The van der Waals surface area contributed by atoms with E-state index in [2.05, 4.69) is 22.2 Å². The summed E-state index contributed by atoms with van der Waals surface area (Å²) in [4.78, 5) is 29.3. The van der Waals surface area contributed by atoms with Crippen molar-refractivity contribution < 1.29 is 22.7 Å². The van der Waals surface area contributed by atoms with Gasteiger partial charge in [0, 0.05) is 17.5 Å². The van der Waals surface area contributed by atoms with Crippen molar-refractivity contribution in [2.75, 3.05) is 17.7 Å². The number of rotatable bonds is 7. The van der Waals surface area contributed by atoms with Crippen LogP contribution < -0.4 is 10.6 Å². The SMILES string of the molecule is C=CS(=O)(=O)CCC(=O)NC1=Nc2ccccc2NC(CC)=C1C(=O)OCC. The molecular formula is C19H23N3O5S. The number of fused-ring (bicyclic) bond motifs is 1. The number of esters is 1. The lowest BCUT2D eigenvalue weighted by Crippen LogP contribution is -2.36. The first-order valence-electron chi connectivity index (χ1n) is 8.81. The van der Waals surface area contributed by atoms with E-state index in [4.69, 9.17) is 4.74 Å². The molecule has 0 bridgehead atoms. The topological polar surface area (TPSA) is 114 Å². The van der Waals surface area contributed by atoms with Gasteiger partial charge in [-0.2, -0.15) is 0 Å². The van der Waals surface area contributed by atoms with Crippen LogP contribution in [0, 0.1) is 0 Å². The molecular weight excluding hydrogens is 382 g/mol. The van der Waals surface area contributed by atoms with Crippen LogP contribution in [0.3, 0.4) is 0 Å². The molecule has 150 valence electrons. The number of sulfone groups is 1. The third-order valence-electron chi connectivity index (χ3n) is 3.92. The fourth-order valence-electron chi connectivity index (χ4n) is 2.51. The zero-order valence-corrected chi connectivity index (χ0v) is 16.6. The van der Waals surface area contributed by atoms with Gasteiger partial charge in [-0.1, -0.05) is 25.6 Å². The van der Waals surface area contributed by atoms with Crippen LogP contribution in [-0.2, 0) is 24.2 Å². The molecule has 0 saturated carbocycles. The summed E-state index contributed by atoms with van der Waals surface area (Å²) in [5.41, 5.74) is 1.86. The Morgan fingerprint density at radius 3 is 2.64 bits per heavy atom. The van der Waals surface area contributed by atoms with Crippen LogP contribution in [0.4, 0.5) is 11.4 Å². The Labute approximate surface area is 164 Å². The molecule has 0 fully saturated rings. The molecule has 2 N–H and O–H groups in total. The second-order valence-electron chi connectivity index (χ2n) is 5.86. The largest absolute Gasteiger partial charge is 0.462 e. The highest BCUT2D eigenvalue weighted by atomic mass is 32.2. The minimum atomic E-state index is -3.52. The number of amides is 1. The molecule has 1 aromatic carbocycles. The molecule has 0 saturated heterocycles. The maximum atomic E-state index is 12.6. The van der Waals surface area contributed by atoms with Crippen LogP contribution in [-0.4, -0.2) is 38.5 Å². The smallest absolute Gasteiger partial charge is 0.343 e. The third kappa shape index (κ3) is 5.29. The standard InChI is InChI=1S/C19H23N3O5S/c1-4-13-17(19(24)27-5-2)18(21-15-10-8-7-9-14(15)20-13)22-16(23)11-12-28(25,26)6-3/h6-10,20H,3-5,11-12H2,1-2H3,(H,21,22,23). The van der Waals surface area contributed by atoms with Gasteiger partial charge in [0.15, 0.2) is 9.84 Å². The van der Waals surface area contributed by atoms with Gasteiger partial charge in [-0.15, -0.1) is 0 Å². The van der Waals surface area contributed by atoms with Gasteiger partial charge in [0.1, 0.15) is 11.4 Å². The number of benzene rings is 1. The normalized spacial score (nSPS) is 13.6. The lowest BCUT2D eigenvalue weighted by Gasteiger charge is -2.14. The fraction of sp³-hybridized carbons (Fsp3) is 0.316. The van der Waals surface area contributed by atoms with Crippen molar-refractivity contribution in [3.63, 3.8) is 0 Å². The number of nitrogens with one attached hydrogen (secondary N) is 2. The Morgan fingerprint density at radius 1 is 1.29 bits per heavy atom. The number of amidine groups is 1. The van der Waals surface area contributed by atoms with Crippen LogP contribution in [0.25, 0.3) is 0 Å². The number of hydrogen-bond donors (Lipinski definition) is 2. The van der Waals surface area contributed by atoms with E-state index in [0.717, 1.165) is 5.41 Å². The number of hydrogen-bond acceptors (Lipinski definition) is 7. The molecule has 1 heterocycles. The average molecular weight is 405 g/mol. The second kappa shape index (κ2) is 9.32. The van der Waals surface area contributed by atoms with E-state index in [1.165, 1.54) is 0 Å². The number of para-hydroxylation sites is 2. The number of carbonyl (C=O) groups is 2. The third-order valence-corrected chi connectivity index (χ3v) is 5.20. The molecule has 1 aliphatic heterocycles. The van der Waals surface area contributed by atoms with Gasteiger partial charge in [0.2, 0.25) is 5.91 Å². The lowest BCUT2D eigenvalue weighted by atomic mass is 10.1. The first-order chi connectivity index (χ1) is 13.3. The number of anilines is 1. The number of aliphatic imine (C=N–C) groups is 1. The van der Waals surface area contributed by atoms with Crippen molar-refractivity contribution in [1.82, 2.24) is 5.32 Å². The van der Waals surface area contributed by atoms with Gasteiger partial charge in [-0.3, -0.25) is 4.79 Å². The van der Waals surface area contributed by atoms with Crippen LogP contribution in [0.5, 0.6) is 0 Å². The average Bonchev–Trinajstić information content (AvgIpc) is 2.82. The minimum absolute atomic E-state index is 0.0220. The quantitative estimate of drug-likeness (QED) is 0.674. The predicted molar refractivity (Wildman–Crippen MR) is 108 cm³/mol. The summed E-state index contributed by atoms with van der Waals surface area (Å²) in [7, 11) is -3.52. The molecule has 0 unspecified atom stereocenters. The molecule has 1 aromatic rings. The van der Waals surface area contributed by atoms with Gasteiger partial charge in [0.25, 0.3) is 0 Å². The number of nitrogens with zero attached hydrogens (tertiary/aromatic N) is 1. The Hall–Kier alpha value is -2.94. The highest BCUT2D eigenvalue weighted by molar-refractivity contribution is 7.94. The van der Waals surface area contributed by atoms with E-state index in [9.17, 15) is 18.0 Å². The van der Waals surface area contributed by atoms with Crippen molar-refractivity contribution in [2.45, 2.75) is 26.7 Å². The Kier molecular flexibility index (Phi) is 7.11. The molecule has 0 radical (unpaired) electrons. The van der Waals surface area contributed by atoms with Crippen molar-refractivity contribution in [3.8, 4) is 0 Å². The van der Waals surface area contributed by atoms with Crippen LogP contribution in [0.2, 0.25) is 0 Å². The van der Waals surface area contributed by atoms with Crippen LogP contribution in [0.15, 0.2) is 52.5 Å². The zero-order chi connectivity index (χ0) is 20.7. The minimum Gasteiger partial charge on any atom is -0.462 e. The Bertz CT molecular complexity index is 948. The van der Waals surface area contributed by atoms with Gasteiger partial charge in [-0.25, -0.2) is 18.2 Å². The zero-order valence-electron chi connectivity index (χ0n) is 15.8. The van der Waals surface area contributed by atoms with E-state index in [1.807, 2.05) is 13.0 Å². The molecule has 8 nitrogen and oxygen atoms in total. The van der Waals surface area contributed by atoms with Gasteiger partial charge >= 0.3 is 5.97 Å². The predicted octanol–water partition coefficient (Wildman–Crippen LogP) is 2.43. The summed E-state index contributed by atoms with van der Waals surface area (Å²) < 4.78 is 28.2. The first-order valence-corrected chi connectivity index (χ1v) is 10.5. The molecule has 9 heteroatoms. The van der Waals surface area contributed by atoms with Gasteiger partial charge < -0.3 is 15.4 Å². The number of carbonyl (C=O) groups excluding carboxylic acids is 2. The van der Waals surface area contributed by atoms with Crippen molar-refractivity contribution >= 4 is 38.9 Å². The monoisotopic (exact) mass is 405 g/mol. The van der Waals surface area contributed by atoms with E-state index in [1.54, 1.807) is 25.1 Å². The molecule has 28 heavy (non-hydrogen) atoms. The highest BCUT2D eigenvalue weighted by Crippen LogP contribution is 2.31. The molecule has 1 aliphatic rings. The van der Waals surface area contributed by atoms with E-state index >= 15 is 0 Å². The van der Waals surface area contributed by atoms with Crippen molar-refractivity contribution in [1.29, 1.82) is 0 Å². The molecule has 2 rings (SSSR count). The van der Waals surface area contributed by atoms with Crippen molar-refractivity contribution in [2.24, 2.45) is 4.99 Å². The van der Waals surface area contributed by atoms with E-state index in [-0.39, 0.29) is 30.2 Å². The molecule has 0 atom stereocenters. The fourth-order valence-corrected chi connectivity index (χ4v) is 3.15. The molecule has 1 amide bonds. The van der Waals surface area contributed by atoms with Crippen LogP contribution in [0.1, 0.15) is 26.7 Å². The van der Waals surface area contributed by atoms with E-state index < -0.39 is 21.7 Å². The molecule has 0 aliphatic carbocycles. The second-order valence-corrected chi connectivity index (χ2v) is 7.93. The summed E-state index contributed by atoms with van der Waals surface area (Å²) in [6.45, 7) is 6.91. The van der Waals surface area contributed by atoms with Crippen LogP contribution >= 0.6 is 0 Å². The maximum Gasteiger partial charge on any atom is 0.343 e. The summed E-state index contributed by atoms with van der Waals surface area (Å²) >= 11 is 0. The summed E-state index contributed by atoms with van der Waals surface area (Å²) in [6.07, 6.45) is 0.169. The Morgan fingerprint density at radius 2 is 2.00 bits per heavy atom. The lowest BCUT2D eigenvalue weighted by molar-refractivity contribution is -0.137.